The van der Waals surface area contributed by atoms with E-state index in [0.717, 1.165) is 0 Å². The number of halogens is 4. The first kappa shape index (κ1) is 21.9. The summed E-state index contributed by atoms with van der Waals surface area (Å²) in [5, 5.41) is 0. The zero-order valence-corrected chi connectivity index (χ0v) is 17.1. The van der Waals surface area contributed by atoms with Crippen molar-refractivity contribution in [3.05, 3.63) is 65.8 Å². The van der Waals surface area contributed by atoms with Gasteiger partial charge in [-0.1, -0.05) is 36.4 Å². The molecular formula is C17H18F3IO3S. The SMILES string of the molecule is Cc1cccc(C)c1[I+]c1c(C)cccc1C.O=S(=O)([O-])C(F)(F)F. The molecule has 0 saturated heterocycles. The third-order valence-electron chi connectivity index (χ3n) is 3.24. The molecule has 25 heavy (non-hydrogen) atoms. The smallest absolute Gasteiger partial charge is 0.485 e. The summed E-state index contributed by atoms with van der Waals surface area (Å²) in [7, 11) is -6.09. The normalized spacial score (nSPS) is 11.7. The lowest BCUT2D eigenvalue weighted by Crippen LogP contribution is -3.62. The van der Waals surface area contributed by atoms with Gasteiger partial charge in [0.1, 0.15) is 0 Å². The molecule has 0 unspecified atom stereocenters. The summed E-state index contributed by atoms with van der Waals surface area (Å²) in [5.41, 5.74) is 0.134. The van der Waals surface area contributed by atoms with Crippen LogP contribution in [0, 0.1) is 34.8 Å². The van der Waals surface area contributed by atoms with Gasteiger partial charge in [0.05, 0.1) is 0 Å². The molecule has 0 amide bonds. The van der Waals surface area contributed by atoms with Crippen molar-refractivity contribution in [2.45, 2.75) is 33.2 Å². The van der Waals surface area contributed by atoms with E-state index < -0.39 is 15.6 Å². The molecule has 2 aromatic carbocycles. The van der Waals surface area contributed by atoms with E-state index in [1.54, 1.807) is 7.14 Å². The standard InChI is InChI=1S/C16H18I.CHF3O3S/c1-11-7-5-8-12(2)15(11)17-16-13(3)9-6-10-14(16)4;2-1(3,4)8(5,6)7/h5-10H,1-4H3;(H,5,6,7)/q+1;/p-1. The van der Waals surface area contributed by atoms with E-state index in [-0.39, 0.29) is 21.2 Å². The van der Waals surface area contributed by atoms with Gasteiger partial charge in [-0.15, -0.1) is 0 Å². The van der Waals surface area contributed by atoms with Crippen LogP contribution < -0.4 is 21.2 Å². The van der Waals surface area contributed by atoms with Gasteiger partial charge in [0.15, 0.2) is 17.3 Å². The Morgan fingerprint density at radius 2 is 1.04 bits per heavy atom. The zero-order chi connectivity index (χ0) is 19.4. The summed E-state index contributed by atoms with van der Waals surface area (Å²) in [6.45, 7) is 8.93. The molecule has 0 aliphatic carbocycles. The fourth-order valence-corrected chi connectivity index (χ4v) is 4.94. The lowest BCUT2D eigenvalue weighted by atomic mass is 10.2. The molecule has 0 saturated carbocycles. The molecule has 0 bridgehead atoms. The summed E-state index contributed by atoms with van der Waals surface area (Å²) >= 11 is -0.0582. The quantitative estimate of drug-likeness (QED) is 0.363. The largest absolute Gasteiger partial charge is 0.741 e. The summed E-state index contributed by atoms with van der Waals surface area (Å²) in [6.07, 6.45) is 0. The molecule has 0 aromatic heterocycles. The number of alkyl halides is 3. The molecule has 2 aromatic rings. The number of hydrogen-bond donors (Lipinski definition) is 0. The first-order valence-electron chi connectivity index (χ1n) is 7.14. The van der Waals surface area contributed by atoms with Gasteiger partial charge in [-0.25, -0.2) is 8.42 Å². The lowest BCUT2D eigenvalue weighted by molar-refractivity contribution is -0.600. The van der Waals surface area contributed by atoms with Crippen LogP contribution in [0.15, 0.2) is 36.4 Å². The van der Waals surface area contributed by atoms with E-state index in [0.29, 0.717) is 0 Å². The third kappa shape index (κ3) is 6.27. The Kier molecular flexibility index (Phi) is 7.45. The molecule has 0 radical (unpaired) electrons. The van der Waals surface area contributed by atoms with Crippen molar-refractivity contribution in [3.63, 3.8) is 0 Å². The van der Waals surface area contributed by atoms with Crippen LogP contribution in [-0.2, 0) is 10.1 Å². The molecule has 0 spiro atoms. The Bertz CT molecular complexity index is 757. The number of hydrogen-bond acceptors (Lipinski definition) is 3. The summed E-state index contributed by atoms with van der Waals surface area (Å²) in [5.74, 6) is 0. The van der Waals surface area contributed by atoms with Crippen molar-refractivity contribution in [3.8, 4) is 0 Å². The monoisotopic (exact) mass is 486 g/mol. The van der Waals surface area contributed by atoms with E-state index in [4.69, 9.17) is 13.0 Å². The minimum Gasteiger partial charge on any atom is -0.741 e. The molecule has 8 heteroatoms. The fourth-order valence-electron chi connectivity index (χ4n) is 1.98. The van der Waals surface area contributed by atoms with Gasteiger partial charge in [-0.2, -0.15) is 13.2 Å². The highest BCUT2D eigenvalue weighted by molar-refractivity contribution is 7.86. The maximum atomic E-state index is 10.7. The molecule has 3 nitrogen and oxygen atoms in total. The molecule has 138 valence electrons. The van der Waals surface area contributed by atoms with Crippen molar-refractivity contribution in [2.75, 3.05) is 0 Å². The number of rotatable bonds is 2. The molecule has 0 aliphatic heterocycles. The second-order valence-electron chi connectivity index (χ2n) is 5.41. The Hall–Kier alpha value is -1.13. The van der Waals surface area contributed by atoms with Gasteiger partial charge >= 0.3 is 26.7 Å². The molecule has 0 heterocycles. The van der Waals surface area contributed by atoms with E-state index in [9.17, 15) is 13.2 Å². The van der Waals surface area contributed by atoms with Gasteiger partial charge < -0.3 is 4.55 Å². The molecule has 0 N–H and O–H groups in total. The minimum atomic E-state index is -6.09. The Balaban J connectivity index is 0.000000333. The Morgan fingerprint density at radius 3 is 1.24 bits per heavy atom. The van der Waals surface area contributed by atoms with Crippen molar-refractivity contribution in [1.82, 2.24) is 0 Å². The highest BCUT2D eigenvalue weighted by atomic mass is 127. The average molecular weight is 486 g/mol. The van der Waals surface area contributed by atoms with Crippen LogP contribution in [0.3, 0.4) is 0 Å². The zero-order valence-electron chi connectivity index (χ0n) is 14.1. The minimum absolute atomic E-state index is 0.0582. The van der Waals surface area contributed by atoms with Crippen LogP contribution in [0.4, 0.5) is 13.2 Å². The first-order valence-corrected chi connectivity index (χ1v) is 10.7. The van der Waals surface area contributed by atoms with Gasteiger partial charge in [0, 0.05) is 22.3 Å². The van der Waals surface area contributed by atoms with Crippen LogP contribution in [0.1, 0.15) is 22.3 Å². The second kappa shape index (κ2) is 8.50. The molecule has 0 fully saturated rings. The second-order valence-corrected chi connectivity index (χ2v) is 9.47. The summed E-state index contributed by atoms with van der Waals surface area (Å²) < 4.78 is 62.1. The lowest BCUT2D eigenvalue weighted by Gasteiger charge is -2.08. The highest BCUT2D eigenvalue weighted by Crippen LogP contribution is 2.20. The predicted octanol–water partition coefficient (Wildman–Crippen LogP) is 1.10. The maximum Gasteiger partial charge on any atom is 0.485 e. The van der Waals surface area contributed by atoms with Gasteiger partial charge in [-0.3, -0.25) is 0 Å². The number of benzene rings is 2. The van der Waals surface area contributed by atoms with Crippen LogP contribution in [0.2, 0.25) is 0 Å². The summed E-state index contributed by atoms with van der Waals surface area (Å²) in [4.78, 5) is 0. The van der Waals surface area contributed by atoms with Crippen LogP contribution in [-0.4, -0.2) is 18.5 Å². The van der Waals surface area contributed by atoms with Crippen LogP contribution in [0.5, 0.6) is 0 Å². The Labute approximate surface area is 156 Å². The highest BCUT2D eigenvalue weighted by Gasteiger charge is 2.36. The van der Waals surface area contributed by atoms with E-state index in [2.05, 4.69) is 64.1 Å². The molecule has 0 atom stereocenters. The summed E-state index contributed by atoms with van der Waals surface area (Å²) in [6, 6.07) is 13.2. The van der Waals surface area contributed by atoms with Crippen molar-refractivity contribution < 1.29 is 47.3 Å². The number of aryl methyl sites for hydroxylation is 4. The van der Waals surface area contributed by atoms with Crippen LogP contribution >= 0.6 is 0 Å². The average Bonchev–Trinajstić information content (AvgIpc) is 2.44. The first-order chi connectivity index (χ1) is 11.3. The maximum absolute atomic E-state index is 10.7. The predicted molar refractivity (Wildman–Crippen MR) is 85.0 cm³/mol. The van der Waals surface area contributed by atoms with Crippen molar-refractivity contribution in [2.24, 2.45) is 0 Å². The van der Waals surface area contributed by atoms with Gasteiger partial charge in [0.2, 0.25) is 0 Å². The van der Waals surface area contributed by atoms with Crippen molar-refractivity contribution in [1.29, 1.82) is 0 Å². The molecule has 0 aliphatic rings. The van der Waals surface area contributed by atoms with Crippen molar-refractivity contribution >= 4 is 10.1 Å². The topological polar surface area (TPSA) is 57.2 Å². The molecular weight excluding hydrogens is 468 g/mol. The van der Waals surface area contributed by atoms with E-state index >= 15 is 0 Å². The molecule has 2 rings (SSSR count). The van der Waals surface area contributed by atoms with Gasteiger partial charge in [-0.05, 0) is 27.7 Å². The van der Waals surface area contributed by atoms with Crippen LogP contribution in [0.25, 0.3) is 0 Å². The van der Waals surface area contributed by atoms with E-state index in [1.807, 2.05) is 0 Å². The Morgan fingerprint density at radius 1 is 0.800 bits per heavy atom. The third-order valence-corrected chi connectivity index (χ3v) is 8.29. The van der Waals surface area contributed by atoms with Gasteiger partial charge in [0.25, 0.3) is 0 Å². The fraction of sp³-hybridized carbons (Fsp3) is 0.294. The van der Waals surface area contributed by atoms with E-state index in [1.165, 1.54) is 22.3 Å².